The topological polar surface area (TPSA) is 38.3 Å². The second-order valence-corrected chi connectivity index (χ2v) is 5.22. The monoisotopic (exact) mass is 261 g/mol. The number of rotatable bonds is 8. The first-order valence-corrected chi connectivity index (χ1v) is 7.14. The van der Waals surface area contributed by atoms with Crippen molar-refractivity contribution in [1.29, 1.82) is 0 Å². The zero-order chi connectivity index (χ0) is 13.5. The van der Waals surface area contributed by atoms with Gasteiger partial charge in [-0.1, -0.05) is 30.3 Å². The van der Waals surface area contributed by atoms with E-state index in [1.54, 1.807) is 7.11 Å². The molecule has 0 radical (unpaired) electrons. The molecule has 1 N–H and O–H groups in total. The van der Waals surface area contributed by atoms with Crippen LogP contribution >= 0.6 is 0 Å². The summed E-state index contributed by atoms with van der Waals surface area (Å²) < 4.78 is 5.00. The lowest BCUT2D eigenvalue weighted by molar-refractivity contribution is -0.123. The summed E-state index contributed by atoms with van der Waals surface area (Å²) in [6.45, 7) is 1.51. The maximum absolute atomic E-state index is 12.3. The van der Waals surface area contributed by atoms with Crippen LogP contribution in [0.25, 0.3) is 0 Å². The van der Waals surface area contributed by atoms with Crippen molar-refractivity contribution in [3.8, 4) is 0 Å². The standard InChI is InChI=1S/C16H23NO2/c1-19-12-6-5-11-17-16(18)15(14-9-10-14)13-7-3-2-4-8-13/h2-4,7-8,14-15H,5-6,9-12H2,1H3,(H,17,18). The summed E-state index contributed by atoms with van der Waals surface area (Å²) in [6, 6.07) is 10.1. The van der Waals surface area contributed by atoms with Crippen LogP contribution in [-0.2, 0) is 9.53 Å². The van der Waals surface area contributed by atoms with Crippen molar-refractivity contribution >= 4 is 5.91 Å². The predicted molar refractivity (Wildman–Crippen MR) is 76.0 cm³/mol. The molecule has 1 saturated carbocycles. The number of carbonyl (C=O) groups is 1. The molecule has 1 unspecified atom stereocenters. The smallest absolute Gasteiger partial charge is 0.227 e. The number of hydrogen-bond donors (Lipinski definition) is 1. The van der Waals surface area contributed by atoms with E-state index in [-0.39, 0.29) is 11.8 Å². The average molecular weight is 261 g/mol. The van der Waals surface area contributed by atoms with Gasteiger partial charge in [-0.05, 0) is 37.2 Å². The van der Waals surface area contributed by atoms with Crippen molar-refractivity contribution in [2.75, 3.05) is 20.3 Å². The third-order valence-electron chi connectivity index (χ3n) is 3.61. The fraction of sp³-hybridized carbons (Fsp3) is 0.562. The molecule has 0 aliphatic heterocycles. The highest BCUT2D eigenvalue weighted by Gasteiger charge is 2.36. The van der Waals surface area contributed by atoms with E-state index >= 15 is 0 Å². The third-order valence-corrected chi connectivity index (χ3v) is 3.61. The molecule has 1 atom stereocenters. The van der Waals surface area contributed by atoms with E-state index in [1.165, 1.54) is 12.8 Å². The van der Waals surface area contributed by atoms with Crippen LogP contribution < -0.4 is 5.32 Å². The van der Waals surface area contributed by atoms with E-state index in [2.05, 4.69) is 17.4 Å². The summed E-state index contributed by atoms with van der Waals surface area (Å²) in [5, 5.41) is 3.07. The summed E-state index contributed by atoms with van der Waals surface area (Å²) in [6.07, 6.45) is 4.33. The van der Waals surface area contributed by atoms with Gasteiger partial charge < -0.3 is 10.1 Å². The van der Waals surface area contributed by atoms with Crippen molar-refractivity contribution in [3.63, 3.8) is 0 Å². The number of ether oxygens (including phenoxy) is 1. The quantitative estimate of drug-likeness (QED) is 0.731. The van der Waals surface area contributed by atoms with Gasteiger partial charge in [0, 0.05) is 20.3 Å². The second kappa shape index (κ2) is 7.29. The summed E-state index contributed by atoms with van der Waals surface area (Å²) in [5.41, 5.74) is 1.15. The third kappa shape index (κ3) is 4.35. The Bertz CT molecular complexity index is 387. The van der Waals surface area contributed by atoms with Crippen molar-refractivity contribution in [2.45, 2.75) is 31.6 Å². The van der Waals surface area contributed by atoms with E-state index < -0.39 is 0 Å². The molecule has 1 aromatic rings. The van der Waals surface area contributed by atoms with Crippen LogP contribution in [-0.4, -0.2) is 26.2 Å². The van der Waals surface area contributed by atoms with Gasteiger partial charge in [0.05, 0.1) is 5.92 Å². The minimum atomic E-state index is 0.0450. The minimum Gasteiger partial charge on any atom is -0.385 e. The Balaban J connectivity index is 1.84. The molecule has 0 saturated heterocycles. The number of benzene rings is 1. The van der Waals surface area contributed by atoms with Gasteiger partial charge in [0.25, 0.3) is 0 Å². The van der Waals surface area contributed by atoms with Crippen LogP contribution in [0.3, 0.4) is 0 Å². The number of unbranched alkanes of at least 4 members (excludes halogenated alkanes) is 1. The molecular weight excluding hydrogens is 238 g/mol. The summed E-state index contributed by atoms with van der Waals surface area (Å²) >= 11 is 0. The van der Waals surface area contributed by atoms with Crippen molar-refractivity contribution in [3.05, 3.63) is 35.9 Å². The Morgan fingerprint density at radius 2 is 2.05 bits per heavy atom. The van der Waals surface area contributed by atoms with Gasteiger partial charge in [0.1, 0.15) is 0 Å². The van der Waals surface area contributed by atoms with Gasteiger partial charge in [-0.25, -0.2) is 0 Å². The van der Waals surface area contributed by atoms with Gasteiger partial charge in [-0.3, -0.25) is 4.79 Å². The Kier molecular flexibility index (Phi) is 5.40. The largest absolute Gasteiger partial charge is 0.385 e. The summed E-state index contributed by atoms with van der Waals surface area (Å²) in [7, 11) is 1.71. The SMILES string of the molecule is COCCCCNC(=O)C(c1ccccc1)C1CC1. The first-order valence-electron chi connectivity index (χ1n) is 7.14. The highest BCUT2D eigenvalue weighted by molar-refractivity contribution is 5.84. The van der Waals surface area contributed by atoms with Crippen LogP contribution in [0.5, 0.6) is 0 Å². The second-order valence-electron chi connectivity index (χ2n) is 5.22. The van der Waals surface area contributed by atoms with Crippen molar-refractivity contribution in [1.82, 2.24) is 5.32 Å². The summed E-state index contributed by atoms with van der Waals surface area (Å²) in [4.78, 5) is 12.3. The average Bonchev–Trinajstić information content (AvgIpc) is 3.25. The van der Waals surface area contributed by atoms with E-state index in [9.17, 15) is 4.79 Å². The fourth-order valence-corrected chi connectivity index (χ4v) is 2.42. The summed E-state index contributed by atoms with van der Waals surface area (Å²) in [5.74, 6) is 0.774. The number of amides is 1. The van der Waals surface area contributed by atoms with Crippen LogP contribution in [0.1, 0.15) is 37.2 Å². The number of nitrogens with one attached hydrogen (secondary N) is 1. The van der Waals surface area contributed by atoms with Gasteiger partial charge >= 0.3 is 0 Å². The molecular formula is C16H23NO2. The maximum Gasteiger partial charge on any atom is 0.227 e. The fourth-order valence-electron chi connectivity index (χ4n) is 2.42. The first-order chi connectivity index (χ1) is 9.33. The molecule has 0 aromatic heterocycles. The Hall–Kier alpha value is -1.35. The lowest BCUT2D eigenvalue weighted by Crippen LogP contribution is -2.31. The van der Waals surface area contributed by atoms with E-state index in [0.717, 1.165) is 31.6 Å². The van der Waals surface area contributed by atoms with Gasteiger partial charge in [0.2, 0.25) is 5.91 Å². The first kappa shape index (κ1) is 14.1. The predicted octanol–water partition coefficient (Wildman–Crippen LogP) is 2.72. The lowest BCUT2D eigenvalue weighted by Gasteiger charge is -2.16. The highest BCUT2D eigenvalue weighted by atomic mass is 16.5. The maximum atomic E-state index is 12.3. The molecule has 0 heterocycles. The lowest BCUT2D eigenvalue weighted by atomic mass is 9.93. The molecule has 1 fully saturated rings. The number of hydrogen-bond acceptors (Lipinski definition) is 2. The van der Waals surface area contributed by atoms with Crippen molar-refractivity contribution < 1.29 is 9.53 Å². The molecule has 104 valence electrons. The number of methoxy groups -OCH3 is 1. The van der Waals surface area contributed by atoms with Crippen molar-refractivity contribution in [2.24, 2.45) is 5.92 Å². The van der Waals surface area contributed by atoms with E-state index in [0.29, 0.717) is 5.92 Å². The van der Waals surface area contributed by atoms with Crippen LogP contribution in [0.15, 0.2) is 30.3 Å². The molecule has 0 bridgehead atoms. The molecule has 1 aliphatic carbocycles. The van der Waals surface area contributed by atoms with Crippen LogP contribution in [0.2, 0.25) is 0 Å². The molecule has 1 aliphatic rings. The Labute approximate surface area is 115 Å². The van der Waals surface area contributed by atoms with Crippen LogP contribution in [0.4, 0.5) is 0 Å². The molecule has 2 rings (SSSR count). The highest BCUT2D eigenvalue weighted by Crippen LogP contribution is 2.42. The zero-order valence-electron chi connectivity index (χ0n) is 11.6. The normalized spacial score (nSPS) is 16.1. The van der Waals surface area contributed by atoms with Gasteiger partial charge in [-0.15, -0.1) is 0 Å². The minimum absolute atomic E-state index is 0.0450. The Morgan fingerprint density at radius 3 is 2.68 bits per heavy atom. The molecule has 19 heavy (non-hydrogen) atoms. The zero-order valence-corrected chi connectivity index (χ0v) is 11.6. The molecule has 3 nitrogen and oxygen atoms in total. The number of carbonyl (C=O) groups excluding carboxylic acids is 1. The van der Waals surface area contributed by atoms with Crippen LogP contribution in [0, 0.1) is 5.92 Å². The molecule has 1 aromatic carbocycles. The Morgan fingerprint density at radius 1 is 1.32 bits per heavy atom. The molecule has 1 amide bonds. The van der Waals surface area contributed by atoms with Gasteiger partial charge in [-0.2, -0.15) is 0 Å². The molecule has 0 spiro atoms. The van der Waals surface area contributed by atoms with E-state index in [4.69, 9.17) is 4.74 Å². The van der Waals surface area contributed by atoms with Gasteiger partial charge in [0.15, 0.2) is 0 Å². The molecule has 3 heteroatoms. The van der Waals surface area contributed by atoms with E-state index in [1.807, 2.05) is 18.2 Å².